The van der Waals surface area contributed by atoms with E-state index in [4.69, 9.17) is 12.2 Å². The van der Waals surface area contributed by atoms with Crippen LogP contribution in [0.2, 0.25) is 0 Å². The van der Waals surface area contributed by atoms with Gasteiger partial charge in [0.25, 0.3) is 0 Å². The number of nitrogens with zero attached hydrogens (tertiary/aromatic N) is 2. The molecular formula is C13H15N3S. The summed E-state index contributed by atoms with van der Waals surface area (Å²) in [7, 11) is 0. The minimum Gasteiger partial charge on any atom is -0.312 e. The third-order valence-electron chi connectivity index (χ3n) is 2.69. The molecule has 0 bridgehead atoms. The predicted octanol–water partition coefficient (Wildman–Crippen LogP) is 2.02. The maximum atomic E-state index is 4.99. The quantitative estimate of drug-likeness (QED) is 0.615. The molecule has 0 saturated heterocycles. The fourth-order valence-corrected chi connectivity index (χ4v) is 1.95. The van der Waals surface area contributed by atoms with E-state index < -0.39 is 5.66 Å². The van der Waals surface area contributed by atoms with E-state index >= 15 is 0 Å². The zero-order valence-electron chi connectivity index (χ0n) is 9.54. The SMILES string of the molecule is S=CC1(CCNCc2ccccc2)N=CC=N1. The van der Waals surface area contributed by atoms with Crippen molar-refractivity contribution in [2.75, 3.05) is 6.54 Å². The molecule has 3 nitrogen and oxygen atoms in total. The molecule has 0 aliphatic carbocycles. The van der Waals surface area contributed by atoms with E-state index in [0.29, 0.717) is 0 Å². The van der Waals surface area contributed by atoms with Gasteiger partial charge in [0.15, 0.2) is 5.66 Å². The number of thiocarbonyl (C=S) groups is 1. The van der Waals surface area contributed by atoms with Gasteiger partial charge in [-0.2, -0.15) is 0 Å². The van der Waals surface area contributed by atoms with E-state index in [1.165, 1.54) is 5.56 Å². The van der Waals surface area contributed by atoms with Crippen LogP contribution in [0.1, 0.15) is 12.0 Å². The minimum absolute atomic E-state index is 0.501. The fraction of sp³-hybridized carbons (Fsp3) is 0.308. The Morgan fingerprint density at radius 1 is 1.18 bits per heavy atom. The first-order valence-electron chi connectivity index (χ1n) is 5.65. The number of rotatable bonds is 6. The molecule has 0 amide bonds. The molecule has 2 rings (SSSR count). The van der Waals surface area contributed by atoms with Crippen molar-refractivity contribution in [3.8, 4) is 0 Å². The molecule has 0 radical (unpaired) electrons. The number of aliphatic imine (C=N–C) groups is 2. The molecule has 1 aliphatic heterocycles. The molecule has 0 saturated carbocycles. The summed E-state index contributed by atoms with van der Waals surface area (Å²) >= 11 is 4.99. The van der Waals surface area contributed by atoms with Crippen molar-refractivity contribution in [3.05, 3.63) is 35.9 Å². The number of hydrogen-bond donors (Lipinski definition) is 1. The van der Waals surface area contributed by atoms with Crippen molar-refractivity contribution >= 4 is 30.0 Å². The maximum Gasteiger partial charge on any atom is 0.180 e. The third-order valence-corrected chi connectivity index (χ3v) is 3.07. The maximum absolute atomic E-state index is 4.99. The van der Waals surface area contributed by atoms with E-state index in [0.717, 1.165) is 19.5 Å². The molecule has 0 unspecified atom stereocenters. The second-order valence-electron chi connectivity index (χ2n) is 3.97. The topological polar surface area (TPSA) is 36.8 Å². The predicted molar refractivity (Wildman–Crippen MR) is 76.1 cm³/mol. The Morgan fingerprint density at radius 3 is 2.53 bits per heavy atom. The summed E-state index contributed by atoms with van der Waals surface area (Å²) in [6.07, 6.45) is 4.22. The van der Waals surface area contributed by atoms with Gasteiger partial charge in [-0.15, -0.1) is 0 Å². The molecule has 0 fully saturated rings. The average Bonchev–Trinajstić information content (AvgIpc) is 2.85. The third kappa shape index (κ3) is 3.28. The van der Waals surface area contributed by atoms with Gasteiger partial charge in [0.1, 0.15) is 0 Å². The zero-order valence-corrected chi connectivity index (χ0v) is 10.4. The van der Waals surface area contributed by atoms with E-state index in [-0.39, 0.29) is 0 Å². The highest BCUT2D eigenvalue weighted by atomic mass is 32.1. The number of benzene rings is 1. The molecular weight excluding hydrogens is 230 g/mol. The van der Waals surface area contributed by atoms with Crippen molar-refractivity contribution in [2.24, 2.45) is 9.98 Å². The Balaban J connectivity index is 1.75. The van der Waals surface area contributed by atoms with Crippen LogP contribution in [0.25, 0.3) is 0 Å². The summed E-state index contributed by atoms with van der Waals surface area (Å²) in [5.74, 6) is 0. The molecule has 1 heterocycles. The molecule has 0 aromatic heterocycles. The molecule has 4 heteroatoms. The molecule has 0 atom stereocenters. The van der Waals surface area contributed by atoms with Crippen LogP contribution in [-0.2, 0) is 6.54 Å². The van der Waals surface area contributed by atoms with Crippen LogP contribution in [0.5, 0.6) is 0 Å². The monoisotopic (exact) mass is 245 g/mol. The van der Waals surface area contributed by atoms with Crippen LogP contribution < -0.4 is 5.32 Å². The number of nitrogens with one attached hydrogen (secondary N) is 1. The lowest BCUT2D eigenvalue weighted by molar-refractivity contribution is 0.531. The first kappa shape index (κ1) is 12.1. The van der Waals surface area contributed by atoms with E-state index in [1.807, 2.05) is 18.2 Å². The van der Waals surface area contributed by atoms with Gasteiger partial charge in [-0.3, -0.25) is 9.98 Å². The summed E-state index contributed by atoms with van der Waals surface area (Å²) < 4.78 is 0. The van der Waals surface area contributed by atoms with Gasteiger partial charge in [-0.1, -0.05) is 42.5 Å². The van der Waals surface area contributed by atoms with Gasteiger partial charge in [0.2, 0.25) is 0 Å². The lowest BCUT2D eigenvalue weighted by Gasteiger charge is -2.17. The molecule has 0 spiro atoms. The molecule has 1 aromatic rings. The highest BCUT2D eigenvalue weighted by molar-refractivity contribution is 7.79. The normalized spacial score (nSPS) is 16.2. The standard InChI is InChI=1S/C13H15N3S/c17-11-13(15-8-9-16-13)6-7-14-10-12-4-2-1-3-5-12/h1-5,8-9,11,14H,6-7,10H2. The van der Waals surface area contributed by atoms with Crippen molar-refractivity contribution in [3.63, 3.8) is 0 Å². The van der Waals surface area contributed by atoms with Crippen molar-refractivity contribution in [1.29, 1.82) is 0 Å². The smallest absolute Gasteiger partial charge is 0.180 e. The van der Waals surface area contributed by atoms with Crippen LogP contribution in [0.15, 0.2) is 40.3 Å². The Labute approximate surface area is 107 Å². The summed E-state index contributed by atoms with van der Waals surface area (Å²) in [5.41, 5.74) is 0.779. The van der Waals surface area contributed by atoms with Gasteiger partial charge < -0.3 is 5.32 Å². The van der Waals surface area contributed by atoms with Crippen LogP contribution in [-0.4, -0.2) is 30.0 Å². The highest BCUT2D eigenvalue weighted by Gasteiger charge is 2.25. The average molecular weight is 245 g/mol. The largest absolute Gasteiger partial charge is 0.312 e. The summed E-state index contributed by atoms with van der Waals surface area (Å²) in [6.45, 7) is 1.71. The van der Waals surface area contributed by atoms with Crippen LogP contribution in [0.4, 0.5) is 0 Å². The van der Waals surface area contributed by atoms with Crippen LogP contribution in [0, 0.1) is 0 Å². The lowest BCUT2D eigenvalue weighted by Crippen LogP contribution is -2.29. The molecule has 1 aromatic carbocycles. The van der Waals surface area contributed by atoms with Gasteiger partial charge in [0.05, 0.1) is 0 Å². The first-order valence-corrected chi connectivity index (χ1v) is 6.12. The Morgan fingerprint density at radius 2 is 1.88 bits per heavy atom. The molecule has 88 valence electrons. The van der Waals surface area contributed by atoms with E-state index in [2.05, 4.69) is 27.4 Å². The van der Waals surface area contributed by atoms with Gasteiger partial charge in [-0.05, 0) is 12.1 Å². The lowest BCUT2D eigenvalue weighted by atomic mass is 10.1. The first-order chi connectivity index (χ1) is 8.35. The summed E-state index contributed by atoms with van der Waals surface area (Å²) in [4.78, 5) is 8.57. The summed E-state index contributed by atoms with van der Waals surface area (Å²) in [5, 5.41) is 5.01. The van der Waals surface area contributed by atoms with Gasteiger partial charge in [0, 0.05) is 30.8 Å². The Hall–Kier alpha value is -1.39. The molecule has 1 aliphatic rings. The molecule has 1 N–H and O–H groups in total. The fourth-order valence-electron chi connectivity index (χ4n) is 1.71. The second kappa shape index (κ2) is 5.80. The van der Waals surface area contributed by atoms with Crippen LogP contribution >= 0.6 is 12.2 Å². The highest BCUT2D eigenvalue weighted by Crippen LogP contribution is 2.17. The van der Waals surface area contributed by atoms with Gasteiger partial charge >= 0.3 is 0 Å². The molecule has 17 heavy (non-hydrogen) atoms. The Kier molecular flexibility index (Phi) is 4.12. The second-order valence-corrected chi connectivity index (χ2v) is 4.20. The minimum atomic E-state index is -0.501. The van der Waals surface area contributed by atoms with E-state index in [9.17, 15) is 0 Å². The van der Waals surface area contributed by atoms with E-state index in [1.54, 1.807) is 17.8 Å². The zero-order chi connectivity index (χ0) is 12.0. The van der Waals surface area contributed by atoms with Crippen molar-refractivity contribution in [1.82, 2.24) is 5.32 Å². The number of hydrogen-bond acceptors (Lipinski definition) is 4. The van der Waals surface area contributed by atoms with Crippen molar-refractivity contribution < 1.29 is 0 Å². The van der Waals surface area contributed by atoms with Crippen LogP contribution in [0.3, 0.4) is 0 Å². The Bertz CT molecular complexity index is 414. The van der Waals surface area contributed by atoms with Crippen molar-refractivity contribution in [2.45, 2.75) is 18.6 Å². The van der Waals surface area contributed by atoms with Gasteiger partial charge in [-0.25, -0.2) is 0 Å². The summed E-state index contributed by atoms with van der Waals surface area (Å²) in [6, 6.07) is 10.3.